The van der Waals surface area contributed by atoms with Gasteiger partial charge in [0.2, 0.25) is 0 Å². The molecule has 0 fully saturated rings. The molecule has 0 aliphatic rings. The summed E-state index contributed by atoms with van der Waals surface area (Å²) in [6.07, 6.45) is 0. The Labute approximate surface area is 121 Å². The highest BCUT2D eigenvalue weighted by atomic mass is 19.2. The van der Waals surface area contributed by atoms with Crippen LogP contribution in [0.2, 0.25) is 0 Å². The van der Waals surface area contributed by atoms with Crippen LogP contribution >= 0.6 is 0 Å². The first-order chi connectivity index (χ1) is 10.1. The fourth-order valence-corrected chi connectivity index (χ4v) is 1.73. The number of benzene rings is 1. The quantitative estimate of drug-likeness (QED) is 0.802. The number of hydrogen-bond donors (Lipinski definition) is 2. The fourth-order valence-electron chi connectivity index (χ4n) is 1.73. The van der Waals surface area contributed by atoms with E-state index in [2.05, 4.69) is 20.6 Å². The third-order valence-corrected chi connectivity index (χ3v) is 2.64. The van der Waals surface area contributed by atoms with E-state index >= 15 is 0 Å². The standard InChI is InChI=1S/C14H16F2N4O/c1-9-18-13(17-5-6-21-2)8-14(19-9)20-10-3-4-11(15)12(16)7-10/h3-4,7-8H,5-6H2,1-2H3,(H2,17,18,19,20). The lowest BCUT2D eigenvalue weighted by Crippen LogP contribution is -2.10. The summed E-state index contributed by atoms with van der Waals surface area (Å²) in [5.74, 6) is -0.119. The maximum absolute atomic E-state index is 13.2. The van der Waals surface area contributed by atoms with Gasteiger partial charge in [0, 0.05) is 31.5 Å². The molecule has 2 aromatic rings. The molecule has 7 heteroatoms. The zero-order valence-electron chi connectivity index (χ0n) is 11.8. The number of halogens is 2. The minimum Gasteiger partial charge on any atom is -0.383 e. The fraction of sp³-hybridized carbons (Fsp3) is 0.286. The molecule has 0 aliphatic carbocycles. The van der Waals surface area contributed by atoms with Crippen LogP contribution in [0.4, 0.5) is 26.1 Å². The van der Waals surface area contributed by atoms with Crippen molar-refractivity contribution in [1.29, 1.82) is 0 Å². The molecule has 0 radical (unpaired) electrons. The van der Waals surface area contributed by atoms with E-state index in [4.69, 9.17) is 4.74 Å². The average Bonchev–Trinajstić information content (AvgIpc) is 2.43. The van der Waals surface area contributed by atoms with E-state index in [0.717, 1.165) is 12.1 Å². The first-order valence-electron chi connectivity index (χ1n) is 6.39. The van der Waals surface area contributed by atoms with Crippen molar-refractivity contribution in [3.63, 3.8) is 0 Å². The lowest BCUT2D eigenvalue weighted by atomic mass is 10.3. The van der Waals surface area contributed by atoms with Crippen molar-refractivity contribution in [2.75, 3.05) is 30.9 Å². The molecule has 0 atom stereocenters. The van der Waals surface area contributed by atoms with E-state index in [0.29, 0.717) is 36.3 Å². The number of ether oxygens (including phenoxy) is 1. The molecule has 1 heterocycles. The second-order valence-corrected chi connectivity index (χ2v) is 4.36. The van der Waals surface area contributed by atoms with Crippen LogP contribution in [0.3, 0.4) is 0 Å². The van der Waals surface area contributed by atoms with Crippen molar-refractivity contribution in [2.45, 2.75) is 6.92 Å². The summed E-state index contributed by atoms with van der Waals surface area (Å²) in [6, 6.07) is 5.26. The molecular weight excluding hydrogens is 278 g/mol. The molecule has 2 rings (SSSR count). The van der Waals surface area contributed by atoms with Gasteiger partial charge >= 0.3 is 0 Å². The Bertz CT molecular complexity index is 622. The first kappa shape index (κ1) is 15.1. The topological polar surface area (TPSA) is 59.1 Å². The molecule has 21 heavy (non-hydrogen) atoms. The maximum Gasteiger partial charge on any atom is 0.160 e. The summed E-state index contributed by atoms with van der Waals surface area (Å²) < 4.78 is 31.0. The van der Waals surface area contributed by atoms with Crippen LogP contribution in [0.1, 0.15) is 5.82 Å². The molecule has 2 N–H and O–H groups in total. The first-order valence-corrected chi connectivity index (χ1v) is 6.39. The van der Waals surface area contributed by atoms with E-state index in [9.17, 15) is 8.78 Å². The zero-order valence-corrected chi connectivity index (χ0v) is 11.8. The molecular formula is C14H16F2N4O. The monoisotopic (exact) mass is 294 g/mol. The minimum absolute atomic E-state index is 0.412. The highest BCUT2D eigenvalue weighted by Gasteiger charge is 2.05. The van der Waals surface area contributed by atoms with Crippen molar-refractivity contribution in [2.24, 2.45) is 0 Å². The van der Waals surface area contributed by atoms with E-state index in [1.54, 1.807) is 20.1 Å². The summed E-state index contributed by atoms with van der Waals surface area (Å²) in [5, 5.41) is 6.00. The molecule has 0 spiro atoms. The molecule has 112 valence electrons. The van der Waals surface area contributed by atoms with Crippen LogP contribution in [0, 0.1) is 18.6 Å². The molecule has 0 saturated heterocycles. The van der Waals surface area contributed by atoms with Crippen molar-refractivity contribution < 1.29 is 13.5 Å². The summed E-state index contributed by atoms with van der Waals surface area (Å²) >= 11 is 0. The Morgan fingerprint density at radius 2 is 1.86 bits per heavy atom. The van der Waals surface area contributed by atoms with E-state index in [1.807, 2.05) is 0 Å². The average molecular weight is 294 g/mol. The summed E-state index contributed by atoms with van der Waals surface area (Å²) in [5.41, 5.74) is 0.412. The second-order valence-electron chi connectivity index (χ2n) is 4.36. The molecule has 5 nitrogen and oxygen atoms in total. The van der Waals surface area contributed by atoms with E-state index < -0.39 is 11.6 Å². The Kier molecular flexibility index (Phi) is 4.99. The number of aromatic nitrogens is 2. The lowest BCUT2D eigenvalue weighted by Gasteiger charge is -2.10. The van der Waals surface area contributed by atoms with Gasteiger partial charge in [-0.3, -0.25) is 0 Å². The van der Waals surface area contributed by atoms with Gasteiger partial charge < -0.3 is 15.4 Å². The number of aryl methyl sites for hydroxylation is 1. The number of nitrogens with one attached hydrogen (secondary N) is 2. The van der Waals surface area contributed by atoms with Crippen LogP contribution in [0.5, 0.6) is 0 Å². The van der Waals surface area contributed by atoms with E-state index in [-0.39, 0.29) is 0 Å². The molecule has 0 bridgehead atoms. The highest BCUT2D eigenvalue weighted by molar-refractivity contribution is 5.59. The van der Waals surface area contributed by atoms with Gasteiger partial charge in [0.15, 0.2) is 11.6 Å². The molecule has 1 aromatic carbocycles. The molecule has 0 saturated carbocycles. The predicted octanol–water partition coefficient (Wildman–Crippen LogP) is 2.87. The lowest BCUT2D eigenvalue weighted by molar-refractivity contribution is 0.210. The van der Waals surface area contributed by atoms with Crippen LogP contribution in [0.15, 0.2) is 24.3 Å². The molecule has 1 aromatic heterocycles. The van der Waals surface area contributed by atoms with Crippen molar-refractivity contribution in [1.82, 2.24) is 9.97 Å². The summed E-state index contributed by atoms with van der Waals surface area (Å²) in [4.78, 5) is 8.43. The van der Waals surface area contributed by atoms with Crippen molar-refractivity contribution in [3.8, 4) is 0 Å². The second kappa shape index (κ2) is 6.94. The number of hydrogen-bond acceptors (Lipinski definition) is 5. The van der Waals surface area contributed by atoms with Gasteiger partial charge in [0.25, 0.3) is 0 Å². The Hall–Kier alpha value is -2.28. The maximum atomic E-state index is 13.2. The summed E-state index contributed by atoms with van der Waals surface area (Å²) in [6.45, 7) is 2.91. The third kappa shape index (κ3) is 4.35. The van der Waals surface area contributed by atoms with Crippen LogP contribution in [0.25, 0.3) is 0 Å². The molecule has 0 unspecified atom stereocenters. The number of anilines is 3. The number of methoxy groups -OCH3 is 1. The van der Waals surface area contributed by atoms with Gasteiger partial charge in [-0.25, -0.2) is 18.7 Å². The zero-order chi connectivity index (χ0) is 15.2. The Balaban J connectivity index is 2.13. The Morgan fingerprint density at radius 1 is 1.10 bits per heavy atom. The Morgan fingerprint density at radius 3 is 2.57 bits per heavy atom. The van der Waals surface area contributed by atoms with Crippen LogP contribution in [-0.2, 0) is 4.74 Å². The predicted molar refractivity (Wildman–Crippen MR) is 76.8 cm³/mol. The van der Waals surface area contributed by atoms with Gasteiger partial charge in [-0.15, -0.1) is 0 Å². The summed E-state index contributed by atoms with van der Waals surface area (Å²) in [7, 11) is 1.61. The van der Waals surface area contributed by atoms with Gasteiger partial charge in [-0.2, -0.15) is 0 Å². The largest absolute Gasteiger partial charge is 0.383 e. The number of nitrogens with zero attached hydrogens (tertiary/aromatic N) is 2. The van der Waals surface area contributed by atoms with Gasteiger partial charge in [0.1, 0.15) is 17.5 Å². The van der Waals surface area contributed by atoms with Gasteiger partial charge in [-0.1, -0.05) is 0 Å². The van der Waals surface area contributed by atoms with Gasteiger partial charge in [0.05, 0.1) is 6.61 Å². The molecule has 0 aliphatic heterocycles. The van der Waals surface area contributed by atoms with Crippen LogP contribution < -0.4 is 10.6 Å². The minimum atomic E-state index is -0.913. The smallest absolute Gasteiger partial charge is 0.160 e. The highest BCUT2D eigenvalue weighted by Crippen LogP contribution is 2.19. The van der Waals surface area contributed by atoms with Crippen molar-refractivity contribution >= 4 is 17.3 Å². The van der Waals surface area contributed by atoms with Crippen molar-refractivity contribution in [3.05, 3.63) is 41.7 Å². The molecule has 0 amide bonds. The number of rotatable bonds is 6. The SMILES string of the molecule is COCCNc1cc(Nc2ccc(F)c(F)c2)nc(C)n1. The van der Waals surface area contributed by atoms with Gasteiger partial charge in [-0.05, 0) is 19.1 Å². The normalized spacial score (nSPS) is 10.5. The van der Waals surface area contributed by atoms with E-state index in [1.165, 1.54) is 6.07 Å². The third-order valence-electron chi connectivity index (χ3n) is 2.64. The van der Waals surface area contributed by atoms with Crippen LogP contribution in [-0.4, -0.2) is 30.2 Å².